The van der Waals surface area contributed by atoms with Gasteiger partial charge in [0.2, 0.25) is 5.16 Å². The largest absolute Gasteiger partial charge is 0.462 e. The summed E-state index contributed by atoms with van der Waals surface area (Å²) in [6.45, 7) is 1.88. The third-order valence-electron chi connectivity index (χ3n) is 4.20. The molecule has 0 N–H and O–H groups in total. The Morgan fingerprint density at radius 1 is 1.39 bits per heavy atom. The molecule has 0 fully saturated rings. The van der Waals surface area contributed by atoms with Gasteiger partial charge in [-0.2, -0.15) is 9.78 Å². The van der Waals surface area contributed by atoms with E-state index in [1.807, 2.05) is 17.5 Å². The monoisotopic (exact) mass is 475 g/mol. The predicted octanol–water partition coefficient (Wildman–Crippen LogP) is 4.52. The second-order valence-corrected chi connectivity index (χ2v) is 8.47. The lowest BCUT2D eigenvalue weighted by Gasteiger charge is -2.15. The van der Waals surface area contributed by atoms with Crippen LogP contribution in [0, 0.1) is 10.1 Å². The molecule has 4 rings (SSSR count). The van der Waals surface area contributed by atoms with Gasteiger partial charge in [0.05, 0.1) is 27.7 Å². The maximum absolute atomic E-state index is 12.7. The van der Waals surface area contributed by atoms with Crippen LogP contribution in [0.5, 0.6) is 0 Å². The van der Waals surface area contributed by atoms with E-state index >= 15 is 0 Å². The molecule has 12 heteroatoms. The first-order valence-electron chi connectivity index (χ1n) is 9.01. The molecular weight excluding hydrogens is 462 g/mol. The molecule has 0 amide bonds. The summed E-state index contributed by atoms with van der Waals surface area (Å²) in [5, 5.41) is 26.7. The Labute approximate surface area is 189 Å². The van der Waals surface area contributed by atoms with Gasteiger partial charge in [-0.3, -0.25) is 10.1 Å². The van der Waals surface area contributed by atoms with Crippen molar-refractivity contribution >= 4 is 58.1 Å². The number of hydrogen-bond donors (Lipinski definition) is 0. The lowest BCUT2D eigenvalue weighted by molar-refractivity contribution is -0.384. The summed E-state index contributed by atoms with van der Waals surface area (Å²) < 4.78 is 6.80. The van der Waals surface area contributed by atoms with Crippen molar-refractivity contribution in [3.63, 3.8) is 0 Å². The van der Waals surface area contributed by atoms with Crippen molar-refractivity contribution in [3.05, 3.63) is 62.0 Å². The fraction of sp³-hybridized carbons (Fsp3) is 0.158. The molecule has 2 aromatic heterocycles. The maximum atomic E-state index is 12.7. The number of benzene rings is 1. The number of nitrogens with zero attached hydrogens (tertiary/aromatic N) is 5. The van der Waals surface area contributed by atoms with E-state index < -0.39 is 10.9 Å². The fourth-order valence-corrected chi connectivity index (χ4v) is 4.52. The van der Waals surface area contributed by atoms with Gasteiger partial charge in [-0.25, -0.2) is 4.79 Å². The van der Waals surface area contributed by atoms with Gasteiger partial charge in [-0.15, -0.1) is 21.5 Å². The van der Waals surface area contributed by atoms with Crippen LogP contribution in [0.4, 0.5) is 5.69 Å². The van der Waals surface area contributed by atoms with Gasteiger partial charge in [0.1, 0.15) is 5.02 Å². The van der Waals surface area contributed by atoms with E-state index in [0.29, 0.717) is 28.0 Å². The van der Waals surface area contributed by atoms with E-state index in [0.717, 1.165) is 4.88 Å². The molecule has 1 aliphatic rings. The minimum absolute atomic E-state index is 0.0140. The predicted molar refractivity (Wildman–Crippen MR) is 120 cm³/mol. The second-order valence-electron chi connectivity index (χ2n) is 6.18. The van der Waals surface area contributed by atoms with Crippen LogP contribution in [0.2, 0.25) is 5.02 Å². The van der Waals surface area contributed by atoms with Crippen molar-refractivity contribution in [2.45, 2.75) is 12.1 Å². The highest BCUT2D eigenvalue weighted by molar-refractivity contribution is 7.99. The number of ether oxygens (including phenoxy) is 1. The van der Waals surface area contributed by atoms with Crippen LogP contribution < -0.4 is 0 Å². The lowest BCUT2D eigenvalue weighted by atomic mass is 10.1. The Balaban J connectivity index is 1.80. The number of fused-ring (bicyclic) bond motifs is 1. The van der Waals surface area contributed by atoms with Crippen LogP contribution in [-0.4, -0.2) is 43.8 Å². The molecule has 9 nitrogen and oxygen atoms in total. The average molecular weight is 476 g/mol. The summed E-state index contributed by atoms with van der Waals surface area (Å²) in [7, 11) is 0. The Morgan fingerprint density at radius 2 is 2.23 bits per heavy atom. The number of carbonyl (C=O) groups is 1. The van der Waals surface area contributed by atoms with E-state index in [-0.39, 0.29) is 22.9 Å². The Kier molecular flexibility index (Phi) is 6.16. The first-order valence-corrected chi connectivity index (χ1v) is 11.2. The van der Waals surface area contributed by atoms with E-state index in [1.54, 1.807) is 17.7 Å². The van der Waals surface area contributed by atoms with E-state index in [1.165, 1.54) is 41.3 Å². The number of esters is 1. The number of aromatic nitrogens is 3. The minimum atomic E-state index is -0.575. The molecule has 0 atom stereocenters. The zero-order chi connectivity index (χ0) is 22.0. The molecule has 1 aromatic carbocycles. The molecular formula is C19H14ClN5O4S2. The third kappa shape index (κ3) is 4.38. The number of hydrogen-bond acceptors (Lipinski definition) is 9. The van der Waals surface area contributed by atoms with E-state index in [9.17, 15) is 14.9 Å². The molecule has 3 aromatic rings. The van der Waals surface area contributed by atoms with Crippen LogP contribution in [0.1, 0.15) is 12.5 Å². The fourth-order valence-electron chi connectivity index (χ4n) is 2.81. The zero-order valence-corrected chi connectivity index (χ0v) is 18.4. The summed E-state index contributed by atoms with van der Waals surface area (Å²) in [6.07, 6.45) is 1.51. The van der Waals surface area contributed by atoms with Gasteiger partial charge in [-0.05, 0) is 36.1 Å². The Hall–Kier alpha value is -3.02. The molecule has 0 unspecified atom stereocenters. The molecule has 0 bridgehead atoms. The van der Waals surface area contributed by atoms with E-state index in [2.05, 4.69) is 15.3 Å². The normalized spacial score (nSPS) is 13.5. The summed E-state index contributed by atoms with van der Waals surface area (Å²) in [5.74, 6) is 0.358. The molecule has 0 radical (unpaired) electrons. The molecule has 1 aliphatic heterocycles. The smallest absolute Gasteiger partial charge is 0.340 e. The van der Waals surface area contributed by atoms with Crippen molar-refractivity contribution in [2.75, 3.05) is 12.4 Å². The van der Waals surface area contributed by atoms with Gasteiger partial charge in [0.25, 0.3) is 5.69 Å². The van der Waals surface area contributed by atoms with Crippen LogP contribution in [0.25, 0.3) is 16.8 Å². The van der Waals surface area contributed by atoms with Crippen molar-refractivity contribution < 1.29 is 14.5 Å². The number of thiophene rings is 1. The first kappa shape index (κ1) is 21.2. The highest BCUT2D eigenvalue weighted by atomic mass is 35.5. The third-order valence-corrected chi connectivity index (χ3v) is 6.31. The molecule has 0 spiro atoms. The van der Waals surface area contributed by atoms with Crippen LogP contribution in [0.15, 0.2) is 51.5 Å². The summed E-state index contributed by atoms with van der Waals surface area (Å²) in [4.78, 5) is 24.3. The lowest BCUT2D eigenvalue weighted by Crippen LogP contribution is -2.21. The highest BCUT2D eigenvalue weighted by Gasteiger charge is 2.26. The van der Waals surface area contributed by atoms with Gasteiger partial charge in [-0.1, -0.05) is 35.5 Å². The average Bonchev–Trinajstić information content (AvgIpc) is 3.42. The van der Waals surface area contributed by atoms with Crippen molar-refractivity contribution in [1.82, 2.24) is 14.9 Å². The standard InChI is InChI=1S/C19H14ClN5O4S2/c1-2-29-18(26)12(8-11-5-6-13(20)15(9-11)25(27)28)14-10-31-19-22-21-17(24(19)23-14)16-4-3-7-30-16/h3-9H,2,10H2,1H3. The molecule has 3 heterocycles. The highest BCUT2D eigenvalue weighted by Crippen LogP contribution is 2.31. The van der Waals surface area contributed by atoms with Crippen LogP contribution >= 0.6 is 34.7 Å². The molecule has 0 saturated heterocycles. The summed E-state index contributed by atoms with van der Waals surface area (Å²) in [5.41, 5.74) is 0.827. The number of rotatable bonds is 6. The van der Waals surface area contributed by atoms with Crippen molar-refractivity contribution in [3.8, 4) is 10.7 Å². The van der Waals surface area contributed by atoms with Crippen LogP contribution in [0.3, 0.4) is 0 Å². The molecule has 0 saturated carbocycles. The Morgan fingerprint density at radius 3 is 2.94 bits per heavy atom. The molecule has 0 aliphatic carbocycles. The van der Waals surface area contributed by atoms with Gasteiger partial charge in [0.15, 0.2) is 5.82 Å². The van der Waals surface area contributed by atoms with Gasteiger partial charge in [0, 0.05) is 11.8 Å². The number of nitro benzene ring substituents is 1. The SMILES string of the molecule is CCOC(=O)C(=Cc1ccc(Cl)c([N+](=O)[O-])c1)C1=Nn2c(nnc2-c2cccs2)SC1. The number of nitro groups is 1. The van der Waals surface area contributed by atoms with Crippen molar-refractivity contribution in [2.24, 2.45) is 5.10 Å². The van der Waals surface area contributed by atoms with Gasteiger partial charge < -0.3 is 4.74 Å². The first-order chi connectivity index (χ1) is 15.0. The number of halogens is 1. The topological polar surface area (TPSA) is 113 Å². The number of carbonyl (C=O) groups excluding carboxylic acids is 1. The Bertz CT molecular complexity index is 1220. The maximum Gasteiger partial charge on any atom is 0.340 e. The zero-order valence-electron chi connectivity index (χ0n) is 16.0. The summed E-state index contributed by atoms with van der Waals surface area (Å²) in [6, 6.07) is 8.12. The van der Waals surface area contributed by atoms with Crippen molar-refractivity contribution in [1.29, 1.82) is 0 Å². The second kappa shape index (κ2) is 9.00. The van der Waals surface area contributed by atoms with Crippen LogP contribution in [-0.2, 0) is 9.53 Å². The molecule has 31 heavy (non-hydrogen) atoms. The van der Waals surface area contributed by atoms with Gasteiger partial charge >= 0.3 is 5.97 Å². The minimum Gasteiger partial charge on any atom is -0.462 e. The summed E-state index contributed by atoms with van der Waals surface area (Å²) >= 11 is 8.79. The van der Waals surface area contributed by atoms with E-state index in [4.69, 9.17) is 16.3 Å². The quantitative estimate of drug-likeness (QED) is 0.223. The number of thioether (sulfide) groups is 1. The molecule has 158 valence electrons.